The molecule has 0 spiro atoms. The Morgan fingerprint density at radius 2 is 2.08 bits per heavy atom. The van der Waals surface area contributed by atoms with Crippen molar-refractivity contribution < 1.29 is 9.84 Å². The van der Waals surface area contributed by atoms with Crippen LogP contribution in [0, 0.1) is 0 Å². The van der Waals surface area contributed by atoms with E-state index in [1.54, 1.807) is 42.4 Å². The van der Waals surface area contributed by atoms with E-state index in [9.17, 15) is 9.90 Å². The molecule has 1 aliphatic carbocycles. The van der Waals surface area contributed by atoms with Crippen molar-refractivity contribution in [3.8, 4) is 0 Å². The Hall–Kier alpha value is -3.33. The van der Waals surface area contributed by atoms with Crippen molar-refractivity contribution >= 4 is 28.7 Å². The van der Waals surface area contributed by atoms with Crippen molar-refractivity contribution in [2.45, 2.75) is 25.0 Å². The third kappa shape index (κ3) is 4.72. The molecule has 2 unspecified atom stereocenters. The number of imidazole rings is 1. The van der Waals surface area contributed by atoms with Gasteiger partial charge < -0.3 is 19.3 Å². The molecule has 2 atom stereocenters. The minimum absolute atomic E-state index is 0.0429. The number of aliphatic hydroxyl groups is 1. The minimum atomic E-state index is -0.149. The normalized spacial score (nSPS) is 23.0. The summed E-state index contributed by atoms with van der Waals surface area (Å²) in [7, 11) is 3.84. The number of fused-ring (bicyclic) bond motifs is 1. The average Bonchev–Trinajstić information content (AvgIpc) is 3.48. The molecule has 5 rings (SSSR count). The maximum absolute atomic E-state index is 12.4. The van der Waals surface area contributed by atoms with E-state index in [1.165, 1.54) is 4.57 Å². The molecule has 2 fully saturated rings. The summed E-state index contributed by atoms with van der Waals surface area (Å²) in [5.74, 6) is 0.879. The van der Waals surface area contributed by atoms with Crippen LogP contribution >= 0.6 is 11.6 Å². The summed E-state index contributed by atoms with van der Waals surface area (Å²) in [6, 6.07) is 4.17. The number of nitrogens with zero attached hydrogens (tertiary/aromatic N) is 5. The van der Waals surface area contributed by atoms with E-state index in [-0.39, 0.29) is 17.6 Å². The second kappa shape index (κ2) is 10.2. The molecule has 8 nitrogen and oxygen atoms in total. The van der Waals surface area contributed by atoms with Gasteiger partial charge in [0.05, 0.1) is 23.8 Å². The first-order valence-electron chi connectivity index (χ1n) is 12.4. The molecule has 2 aromatic heterocycles. The van der Waals surface area contributed by atoms with Crippen LogP contribution < -0.4 is 10.6 Å². The van der Waals surface area contributed by atoms with Crippen LogP contribution in [-0.2, 0) is 11.8 Å². The van der Waals surface area contributed by atoms with Gasteiger partial charge >= 0.3 is 5.69 Å². The lowest BCUT2D eigenvalue weighted by molar-refractivity contribution is -0.0362. The summed E-state index contributed by atoms with van der Waals surface area (Å²) in [5.41, 5.74) is 3.25. The number of allylic oxidation sites excluding steroid dienone is 6. The molecular formula is C28H32ClN5O3. The van der Waals surface area contributed by atoms with Gasteiger partial charge in [-0.1, -0.05) is 30.8 Å². The molecule has 0 amide bonds. The highest BCUT2D eigenvalue weighted by Crippen LogP contribution is 2.36. The van der Waals surface area contributed by atoms with Gasteiger partial charge in [-0.2, -0.15) is 0 Å². The summed E-state index contributed by atoms with van der Waals surface area (Å²) in [6.07, 6.45) is 9.88. The first kappa shape index (κ1) is 25.3. The number of halogens is 1. The monoisotopic (exact) mass is 521 g/mol. The molecule has 0 saturated carbocycles. The van der Waals surface area contributed by atoms with Crippen molar-refractivity contribution in [2.24, 2.45) is 7.05 Å². The standard InChI is InChI=1S/C28H32ClN5O3/c1-5-21(20-8-9-30-26(15-20)33-16-24-25(17-33)37-13-12-31(24)3)27(35)18(2)19-6-7-23(22(29)14-19)34-11-10-32(4)28(34)36/h5,8-11,14-15,24-25,35H,1-2,6-7,12-13,16-17H2,3-4H3/b27-21-. The van der Waals surface area contributed by atoms with Crippen LogP contribution in [0.3, 0.4) is 0 Å². The smallest absolute Gasteiger partial charge is 0.332 e. The maximum Gasteiger partial charge on any atom is 0.332 e. The first-order chi connectivity index (χ1) is 17.8. The van der Waals surface area contributed by atoms with Gasteiger partial charge in [0.15, 0.2) is 0 Å². The van der Waals surface area contributed by atoms with Gasteiger partial charge in [0.2, 0.25) is 0 Å². The summed E-state index contributed by atoms with van der Waals surface area (Å²) in [4.78, 5) is 21.5. The molecule has 2 saturated heterocycles. The van der Waals surface area contributed by atoms with Crippen LogP contribution in [0.5, 0.6) is 0 Å². The van der Waals surface area contributed by atoms with Crippen LogP contribution in [-0.4, -0.2) is 69.6 Å². The molecule has 0 radical (unpaired) electrons. The Kier molecular flexibility index (Phi) is 6.98. The lowest BCUT2D eigenvalue weighted by Crippen LogP contribution is -2.48. The molecule has 0 bridgehead atoms. The number of anilines is 1. The van der Waals surface area contributed by atoms with Gasteiger partial charge in [-0.05, 0) is 49.2 Å². The van der Waals surface area contributed by atoms with Gasteiger partial charge in [-0.3, -0.25) is 9.47 Å². The van der Waals surface area contributed by atoms with Gasteiger partial charge in [-0.25, -0.2) is 9.78 Å². The van der Waals surface area contributed by atoms with E-state index in [1.807, 2.05) is 12.1 Å². The summed E-state index contributed by atoms with van der Waals surface area (Å²) >= 11 is 6.58. The number of aliphatic hydroxyl groups excluding tert-OH is 1. The van der Waals surface area contributed by atoms with E-state index < -0.39 is 0 Å². The molecule has 37 heavy (non-hydrogen) atoms. The molecule has 194 valence electrons. The number of hydrogen-bond donors (Lipinski definition) is 1. The largest absolute Gasteiger partial charge is 0.507 e. The second-order valence-corrected chi connectivity index (χ2v) is 10.1. The number of ether oxygens (including phenoxy) is 1. The van der Waals surface area contributed by atoms with Crippen molar-refractivity contribution in [3.63, 3.8) is 0 Å². The van der Waals surface area contributed by atoms with Crippen molar-refractivity contribution in [1.82, 2.24) is 19.0 Å². The highest BCUT2D eigenvalue weighted by Gasteiger charge is 2.39. The summed E-state index contributed by atoms with van der Waals surface area (Å²) in [6.45, 7) is 11.4. The zero-order valence-electron chi connectivity index (χ0n) is 21.2. The molecule has 0 aromatic carbocycles. The Bertz CT molecular complexity index is 1400. The van der Waals surface area contributed by atoms with Crippen molar-refractivity contribution in [1.29, 1.82) is 0 Å². The number of rotatable bonds is 6. The van der Waals surface area contributed by atoms with Gasteiger partial charge in [0.1, 0.15) is 11.6 Å². The Labute approximate surface area is 221 Å². The predicted octanol–water partition coefficient (Wildman–Crippen LogP) is 3.94. The minimum Gasteiger partial charge on any atom is -0.507 e. The van der Waals surface area contributed by atoms with E-state index in [0.717, 1.165) is 48.9 Å². The molecular weight excluding hydrogens is 490 g/mol. The quantitative estimate of drug-likeness (QED) is 0.458. The lowest BCUT2D eigenvalue weighted by atomic mass is 9.92. The molecule has 1 N–H and O–H groups in total. The summed E-state index contributed by atoms with van der Waals surface area (Å²) in [5, 5.41) is 11.7. The fraction of sp³-hybridized carbons (Fsp3) is 0.357. The number of likely N-dealkylation sites (N-methyl/N-ethyl adjacent to an activating group) is 1. The van der Waals surface area contributed by atoms with Crippen molar-refractivity contribution in [2.75, 3.05) is 38.2 Å². The molecule has 2 aromatic rings. The third-order valence-electron chi connectivity index (χ3n) is 7.54. The third-order valence-corrected chi connectivity index (χ3v) is 7.87. The fourth-order valence-corrected chi connectivity index (χ4v) is 5.61. The van der Waals surface area contributed by atoms with E-state index in [0.29, 0.717) is 35.1 Å². The van der Waals surface area contributed by atoms with Gasteiger partial charge in [0, 0.05) is 62.1 Å². The Morgan fingerprint density at radius 3 is 2.76 bits per heavy atom. The highest BCUT2D eigenvalue weighted by atomic mass is 35.5. The Balaban J connectivity index is 1.41. The van der Waals surface area contributed by atoms with Crippen LogP contribution in [0.4, 0.5) is 5.82 Å². The topological polar surface area (TPSA) is 75.8 Å². The molecule has 3 aliphatic rings. The van der Waals surface area contributed by atoms with Gasteiger partial charge in [-0.15, -0.1) is 0 Å². The first-order valence-corrected chi connectivity index (χ1v) is 12.8. The van der Waals surface area contributed by atoms with Crippen LogP contribution in [0.1, 0.15) is 18.4 Å². The SMILES string of the molecule is C=C/C(=C(/O)C(=C)C1=CC(Cl)=C(n2ccn(C)c2=O)CC1)c1ccnc(N2CC3OCCN(C)C3C2)c1. The molecule has 2 aliphatic heterocycles. The predicted molar refractivity (Wildman–Crippen MR) is 148 cm³/mol. The number of hydrogen-bond acceptors (Lipinski definition) is 6. The van der Waals surface area contributed by atoms with E-state index >= 15 is 0 Å². The highest BCUT2D eigenvalue weighted by molar-refractivity contribution is 6.33. The van der Waals surface area contributed by atoms with E-state index in [2.05, 4.69) is 35.0 Å². The molecule has 4 heterocycles. The van der Waals surface area contributed by atoms with Gasteiger partial charge in [0.25, 0.3) is 0 Å². The fourth-order valence-electron chi connectivity index (χ4n) is 5.29. The zero-order chi connectivity index (χ0) is 26.3. The zero-order valence-corrected chi connectivity index (χ0v) is 22.0. The van der Waals surface area contributed by atoms with Crippen LogP contribution in [0.15, 0.2) is 82.8 Å². The molecule has 9 heteroatoms. The van der Waals surface area contributed by atoms with Crippen LogP contribution in [0.2, 0.25) is 0 Å². The number of aryl methyl sites for hydroxylation is 1. The second-order valence-electron chi connectivity index (χ2n) is 9.74. The summed E-state index contributed by atoms with van der Waals surface area (Å²) < 4.78 is 9.04. The maximum atomic E-state index is 12.4. The lowest BCUT2D eigenvalue weighted by Gasteiger charge is -2.33. The number of aromatic nitrogens is 3. The number of pyridine rings is 1. The van der Waals surface area contributed by atoms with Crippen molar-refractivity contribution in [3.05, 3.63) is 94.0 Å². The average molecular weight is 522 g/mol. The Morgan fingerprint density at radius 1 is 1.27 bits per heavy atom. The van der Waals surface area contributed by atoms with Crippen LogP contribution in [0.25, 0.3) is 11.3 Å². The number of morpholine rings is 1. The van der Waals surface area contributed by atoms with E-state index in [4.69, 9.17) is 16.3 Å².